The first-order valence-electron chi connectivity index (χ1n) is 7.30. The molecule has 1 aromatic carbocycles. The van der Waals surface area contributed by atoms with Crippen molar-refractivity contribution in [3.8, 4) is 0 Å². The van der Waals surface area contributed by atoms with E-state index in [1.54, 1.807) is 0 Å². The van der Waals surface area contributed by atoms with E-state index in [1.807, 2.05) is 36.5 Å². The molecular weight excluding hydrogens is 278 g/mol. The summed E-state index contributed by atoms with van der Waals surface area (Å²) in [5.41, 5.74) is 4.70. The predicted molar refractivity (Wildman–Crippen MR) is 90.5 cm³/mol. The average molecular weight is 297 g/mol. The summed E-state index contributed by atoms with van der Waals surface area (Å²) in [6, 6.07) is 12.5. The Labute approximate surface area is 130 Å². The molecule has 0 amide bonds. The van der Waals surface area contributed by atoms with E-state index in [9.17, 15) is 0 Å². The number of hydrogen-bond acceptors (Lipinski definition) is 2. The zero-order valence-electron chi connectivity index (χ0n) is 12.1. The van der Waals surface area contributed by atoms with E-state index < -0.39 is 0 Å². The van der Waals surface area contributed by atoms with Crippen molar-refractivity contribution in [2.75, 3.05) is 5.32 Å². The van der Waals surface area contributed by atoms with Gasteiger partial charge >= 0.3 is 0 Å². The molecule has 0 fully saturated rings. The lowest BCUT2D eigenvalue weighted by Crippen LogP contribution is -2.34. The number of rotatable bonds is 2. The number of thiocarbonyl (C=S) groups is 1. The van der Waals surface area contributed by atoms with E-state index in [1.165, 1.54) is 16.8 Å². The standard InChI is InChI=1S/C17H19N3S/c1-12-10-14-15(18-11-12)8-5-9-16(14)20-17(21)19-13-6-3-2-4-7-13/h2-4,6-7,10-11,16H,5,8-9H2,1H3,(H2,19,20,21)/t16-/m0/s1. The van der Waals surface area contributed by atoms with Crippen LogP contribution in [-0.2, 0) is 6.42 Å². The SMILES string of the molecule is Cc1cnc2c(c1)[C@@H](NC(=S)Nc1ccccc1)CCC2. The van der Waals surface area contributed by atoms with Crippen LogP contribution in [0.1, 0.15) is 35.7 Å². The van der Waals surface area contributed by atoms with Gasteiger partial charge in [-0.05, 0) is 61.7 Å². The van der Waals surface area contributed by atoms with Crippen LogP contribution < -0.4 is 10.6 Å². The predicted octanol–water partition coefficient (Wildman–Crippen LogP) is 3.75. The van der Waals surface area contributed by atoms with Crippen molar-refractivity contribution in [3.05, 3.63) is 59.4 Å². The molecule has 2 aromatic rings. The molecule has 2 N–H and O–H groups in total. The topological polar surface area (TPSA) is 37.0 Å². The minimum absolute atomic E-state index is 0.255. The van der Waals surface area contributed by atoms with Gasteiger partial charge in [0, 0.05) is 17.6 Å². The maximum absolute atomic E-state index is 5.44. The molecule has 0 aliphatic heterocycles. The summed E-state index contributed by atoms with van der Waals surface area (Å²) in [7, 11) is 0. The van der Waals surface area contributed by atoms with Gasteiger partial charge < -0.3 is 10.6 Å². The second-order valence-corrected chi connectivity index (χ2v) is 5.87. The lowest BCUT2D eigenvalue weighted by Gasteiger charge is -2.27. The van der Waals surface area contributed by atoms with Crippen LogP contribution in [0.25, 0.3) is 0 Å². The fraction of sp³-hybridized carbons (Fsp3) is 0.294. The van der Waals surface area contributed by atoms with Crippen molar-refractivity contribution in [2.24, 2.45) is 0 Å². The molecule has 1 aliphatic rings. The molecule has 108 valence electrons. The molecule has 21 heavy (non-hydrogen) atoms. The number of aromatic nitrogens is 1. The molecule has 1 heterocycles. The third-order valence-electron chi connectivity index (χ3n) is 3.76. The van der Waals surface area contributed by atoms with Crippen molar-refractivity contribution >= 4 is 23.0 Å². The van der Waals surface area contributed by atoms with Crippen molar-refractivity contribution in [2.45, 2.75) is 32.2 Å². The summed E-state index contributed by atoms with van der Waals surface area (Å²) in [5.74, 6) is 0. The van der Waals surface area contributed by atoms with Gasteiger partial charge in [0.05, 0.1) is 6.04 Å². The Balaban J connectivity index is 1.71. The molecule has 0 saturated carbocycles. The highest BCUT2D eigenvalue weighted by Crippen LogP contribution is 2.29. The highest BCUT2D eigenvalue weighted by atomic mass is 32.1. The van der Waals surface area contributed by atoms with E-state index in [0.717, 1.165) is 24.9 Å². The largest absolute Gasteiger partial charge is 0.356 e. The van der Waals surface area contributed by atoms with Crippen LogP contribution >= 0.6 is 12.2 Å². The molecule has 0 bridgehead atoms. The number of benzene rings is 1. The highest BCUT2D eigenvalue weighted by molar-refractivity contribution is 7.80. The van der Waals surface area contributed by atoms with Gasteiger partial charge in [-0.15, -0.1) is 0 Å². The van der Waals surface area contributed by atoms with Gasteiger partial charge in [0.15, 0.2) is 5.11 Å². The summed E-state index contributed by atoms with van der Waals surface area (Å²) in [4.78, 5) is 4.56. The van der Waals surface area contributed by atoms with Crippen LogP contribution in [0.5, 0.6) is 0 Å². The number of fused-ring (bicyclic) bond motifs is 1. The molecule has 0 spiro atoms. The van der Waals surface area contributed by atoms with Crippen molar-refractivity contribution in [1.82, 2.24) is 10.3 Å². The monoisotopic (exact) mass is 297 g/mol. The summed E-state index contributed by atoms with van der Waals surface area (Å²) in [6.07, 6.45) is 5.25. The summed E-state index contributed by atoms with van der Waals surface area (Å²) in [6.45, 7) is 2.08. The van der Waals surface area contributed by atoms with E-state index in [0.29, 0.717) is 5.11 Å². The van der Waals surface area contributed by atoms with Crippen LogP contribution in [0.15, 0.2) is 42.6 Å². The third kappa shape index (κ3) is 3.39. The van der Waals surface area contributed by atoms with Gasteiger partial charge in [0.1, 0.15) is 0 Å². The first-order valence-corrected chi connectivity index (χ1v) is 7.71. The lowest BCUT2D eigenvalue weighted by atomic mass is 9.90. The normalized spacial score (nSPS) is 16.9. The molecule has 1 aromatic heterocycles. The fourth-order valence-corrected chi connectivity index (χ4v) is 3.02. The lowest BCUT2D eigenvalue weighted by molar-refractivity contribution is 0.520. The Morgan fingerprint density at radius 3 is 2.90 bits per heavy atom. The molecule has 1 atom stereocenters. The number of pyridine rings is 1. The third-order valence-corrected chi connectivity index (χ3v) is 3.98. The van der Waals surface area contributed by atoms with Gasteiger partial charge in [-0.1, -0.05) is 24.3 Å². The van der Waals surface area contributed by atoms with Gasteiger partial charge in [0.25, 0.3) is 0 Å². The fourth-order valence-electron chi connectivity index (χ4n) is 2.76. The maximum Gasteiger partial charge on any atom is 0.171 e. The number of nitrogens with one attached hydrogen (secondary N) is 2. The zero-order chi connectivity index (χ0) is 14.7. The Kier molecular flexibility index (Phi) is 4.15. The van der Waals surface area contributed by atoms with E-state index >= 15 is 0 Å². The first-order chi connectivity index (χ1) is 10.2. The van der Waals surface area contributed by atoms with Gasteiger partial charge in [-0.2, -0.15) is 0 Å². The van der Waals surface area contributed by atoms with Crippen LogP contribution in [0, 0.1) is 6.92 Å². The van der Waals surface area contributed by atoms with E-state index in [4.69, 9.17) is 12.2 Å². The number of para-hydroxylation sites is 1. The van der Waals surface area contributed by atoms with Crippen molar-refractivity contribution < 1.29 is 0 Å². The number of aryl methyl sites for hydroxylation is 2. The van der Waals surface area contributed by atoms with Crippen LogP contribution in [0.3, 0.4) is 0 Å². The van der Waals surface area contributed by atoms with Crippen molar-refractivity contribution in [3.63, 3.8) is 0 Å². The van der Waals surface area contributed by atoms with E-state index in [-0.39, 0.29) is 6.04 Å². The molecule has 0 radical (unpaired) electrons. The van der Waals surface area contributed by atoms with Crippen molar-refractivity contribution in [1.29, 1.82) is 0 Å². The number of hydrogen-bond donors (Lipinski definition) is 2. The number of anilines is 1. The second kappa shape index (κ2) is 6.22. The molecule has 0 saturated heterocycles. The molecule has 1 aliphatic carbocycles. The smallest absolute Gasteiger partial charge is 0.171 e. The molecule has 3 nitrogen and oxygen atoms in total. The minimum atomic E-state index is 0.255. The molecule has 3 rings (SSSR count). The van der Waals surface area contributed by atoms with Gasteiger partial charge in [-0.25, -0.2) is 0 Å². The van der Waals surface area contributed by atoms with Gasteiger partial charge in [0.2, 0.25) is 0 Å². The van der Waals surface area contributed by atoms with Crippen LogP contribution in [-0.4, -0.2) is 10.1 Å². The molecule has 0 unspecified atom stereocenters. The molecular formula is C17H19N3S. The highest BCUT2D eigenvalue weighted by Gasteiger charge is 2.21. The Hall–Kier alpha value is -1.94. The van der Waals surface area contributed by atoms with Crippen LogP contribution in [0.4, 0.5) is 5.69 Å². The van der Waals surface area contributed by atoms with Crippen LogP contribution in [0.2, 0.25) is 0 Å². The molecule has 4 heteroatoms. The second-order valence-electron chi connectivity index (χ2n) is 5.46. The zero-order valence-corrected chi connectivity index (χ0v) is 12.9. The van der Waals surface area contributed by atoms with Gasteiger partial charge in [-0.3, -0.25) is 4.98 Å². The summed E-state index contributed by atoms with van der Waals surface area (Å²) < 4.78 is 0. The number of nitrogens with zero attached hydrogens (tertiary/aromatic N) is 1. The Bertz CT molecular complexity index is 640. The summed E-state index contributed by atoms with van der Waals surface area (Å²) >= 11 is 5.44. The quantitative estimate of drug-likeness (QED) is 0.828. The maximum atomic E-state index is 5.44. The Morgan fingerprint density at radius 1 is 1.29 bits per heavy atom. The Morgan fingerprint density at radius 2 is 2.10 bits per heavy atom. The minimum Gasteiger partial charge on any atom is -0.356 e. The first kappa shape index (κ1) is 14.0. The average Bonchev–Trinajstić information content (AvgIpc) is 2.49. The van der Waals surface area contributed by atoms with E-state index in [2.05, 4.69) is 28.6 Å². The summed E-state index contributed by atoms with van der Waals surface area (Å²) in [5, 5.41) is 7.33.